The molecule has 3 nitrogen and oxygen atoms in total. The van der Waals surface area contributed by atoms with Gasteiger partial charge < -0.3 is 9.15 Å². The van der Waals surface area contributed by atoms with E-state index in [1.807, 2.05) is 18.2 Å². The number of hydrogen-bond donors (Lipinski definition) is 0. The SMILES string of the molecule is COC(=O)c1coc2c(I)cccc12. The van der Waals surface area contributed by atoms with E-state index in [0.29, 0.717) is 5.56 Å². The molecule has 0 fully saturated rings. The monoisotopic (exact) mass is 302 g/mol. The van der Waals surface area contributed by atoms with Crippen molar-refractivity contribution in [3.63, 3.8) is 0 Å². The van der Waals surface area contributed by atoms with E-state index in [-0.39, 0.29) is 5.97 Å². The van der Waals surface area contributed by atoms with Crippen LogP contribution in [0.2, 0.25) is 0 Å². The lowest BCUT2D eigenvalue weighted by Gasteiger charge is -1.95. The minimum absolute atomic E-state index is 0.370. The molecule has 1 aromatic heterocycles. The van der Waals surface area contributed by atoms with Crippen molar-refractivity contribution < 1.29 is 13.9 Å². The van der Waals surface area contributed by atoms with Gasteiger partial charge in [0, 0.05) is 5.39 Å². The summed E-state index contributed by atoms with van der Waals surface area (Å²) in [4.78, 5) is 11.3. The van der Waals surface area contributed by atoms with E-state index in [1.165, 1.54) is 13.4 Å². The molecule has 0 unspecified atom stereocenters. The topological polar surface area (TPSA) is 39.4 Å². The molecule has 0 aliphatic carbocycles. The van der Waals surface area contributed by atoms with Gasteiger partial charge in [0.1, 0.15) is 17.4 Å². The molecular weight excluding hydrogens is 295 g/mol. The van der Waals surface area contributed by atoms with Gasteiger partial charge in [0.15, 0.2) is 0 Å². The number of carbonyl (C=O) groups excluding carboxylic acids is 1. The van der Waals surface area contributed by atoms with Crippen LogP contribution >= 0.6 is 22.6 Å². The lowest BCUT2D eigenvalue weighted by Crippen LogP contribution is -1.99. The van der Waals surface area contributed by atoms with Crippen molar-refractivity contribution in [2.24, 2.45) is 0 Å². The van der Waals surface area contributed by atoms with Gasteiger partial charge in [-0.05, 0) is 28.7 Å². The minimum atomic E-state index is -0.370. The molecule has 0 atom stereocenters. The fraction of sp³-hybridized carbons (Fsp3) is 0.100. The Kier molecular flexibility index (Phi) is 2.45. The number of rotatable bonds is 1. The highest BCUT2D eigenvalue weighted by atomic mass is 127. The molecule has 0 spiro atoms. The minimum Gasteiger partial charge on any atom is -0.465 e. The molecule has 2 aromatic rings. The lowest BCUT2D eigenvalue weighted by atomic mass is 10.2. The van der Waals surface area contributed by atoms with Gasteiger partial charge >= 0.3 is 5.97 Å². The van der Waals surface area contributed by atoms with Crippen LogP contribution < -0.4 is 0 Å². The van der Waals surface area contributed by atoms with E-state index in [4.69, 9.17) is 4.42 Å². The second kappa shape index (κ2) is 3.61. The maximum Gasteiger partial charge on any atom is 0.341 e. The van der Waals surface area contributed by atoms with Gasteiger partial charge in [0.25, 0.3) is 0 Å². The maximum atomic E-state index is 11.3. The Labute approximate surface area is 94.2 Å². The number of benzene rings is 1. The first-order valence-electron chi connectivity index (χ1n) is 3.98. The van der Waals surface area contributed by atoms with Gasteiger partial charge in [0.05, 0.1) is 10.7 Å². The van der Waals surface area contributed by atoms with Crippen molar-refractivity contribution in [3.8, 4) is 0 Å². The number of carbonyl (C=O) groups is 1. The number of hydrogen-bond acceptors (Lipinski definition) is 3. The summed E-state index contributed by atoms with van der Waals surface area (Å²) in [6.45, 7) is 0. The molecule has 0 aliphatic heterocycles. The van der Waals surface area contributed by atoms with Crippen molar-refractivity contribution >= 4 is 39.5 Å². The van der Waals surface area contributed by atoms with Gasteiger partial charge in [-0.15, -0.1) is 0 Å². The van der Waals surface area contributed by atoms with Crippen molar-refractivity contribution in [3.05, 3.63) is 33.6 Å². The standard InChI is InChI=1S/C10H7IO3/c1-13-10(12)7-5-14-9-6(7)3-2-4-8(9)11/h2-5H,1H3. The average Bonchev–Trinajstić information content (AvgIpc) is 2.62. The van der Waals surface area contributed by atoms with Crippen molar-refractivity contribution in [1.29, 1.82) is 0 Å². The van der Waals surface area contributed by atoms with Gasteiger partial charge in [-0.2, -0.15) is 0 Å². The number of esters is 1. The Bertz CT molecular complexity index is 487. The average molecular weight is 302 g/mol. The summed E-state index contributed by atoms with van der Waals surface area (Å²) >= 11 is 2.16. The van der Waals surface area contributed by atoms with Crippen LogP contribution in [0.15, 0.2) is 28.9 Å². The Morgan fingerprint density at radius 2 is 2.29 bits per heavy atom. The number of methoxy groups -OCH3 is 1. The summed E-state index contributed by atoms with van der Waals surface area (Å²) in [5.41, 5.74) is 1.20. The molecule has 4 heteroatoms. The molecule has 0 amide bonds. The molecule has 14 heavy (non-hydrogen) atoms. The van der Waals surface area contributed by atoms with Crippen LogP contribution in [0.3, 0.4) is 0 Å². The van der Waals surface area contributed by atoms with Crippen molar-refractivity contribution in [2.75, 3.05) is 7.11 Å². The quantitative estimate of drug-likeness (QED) is 0.600. The number of halogens is 1. The number of fused-ring (bicyclic) bond motifs is 1. The summed E-state index contributed by atoms with van der Waals surface area (Å²) in [5.74, 6) is -0.370. The normalized spacial score (nSPS) is 10.4. The Morgan fingerprint density at radius 3 is 3.00 bits per heavy atom. The Hall–Kier alpha value is -1.04. The molecule has 0 saturated carbocycles. The van der Waals surface area contributed by atoms with Crippen molar-refractivity contribution in [1.82, 2.24) is 0 Å². The molecule has 0 radical (unpaired) electrons. The maximum absolute atomic E-state index is 11.3. The zero-order valence-electron chi connectivity index (χ0n) is 7.41. The predicted molar refractivity (Wildman–Crippen MR) is 60.3 cm³/mol. The number of para-hydroxylation sites is 1. The molecule has 0 saturated heterocycles. The van der Waals surface area contributed by atoms with Gasteiger partial charge in [-0.25, -0.2) is 4.79 Å². The predicted octanol–water partition coefficient (Wildman–Crippen LogP) is 2.82. The molecule has 0 N–H and O–H groups in total. The largest absolute Gasteiger partial charge is 0.465 e. The van der Waals surface area contributed by atoms with E-state index in [1.54, 1.807) is 0 Å². The first-order valence-corrected chi connectivity index (χ1v) is 5.06. The zero-order valence-corrected chi connectivity index (χ0v) is 9.57. The highest BCUT2D eigenvalue weighted by Gasteiger charge is 2.14. The lowest BCUT2D eigenvalue weighted by molar-refractivity contribution is 0.0602. The molecule has 0 bridgehead atoms. The van der Waals surface area contributed by atoms with Crippen LogP contribution in [0.1, 0.15) is 10.4 Å². The van der Waals surface area contributed by atoms with E-state index in [9.17, 15) is 4.79 Å². The fourth-order valence-corrected chi connectivity index (χ4v) is 1.92. The van der Waals surface area contributed by atoms with E-state index < -0.39 is 0 Å². The van der Waals surface area contributed by atoms with E-state index in [2.05, 4.69) is 27.3 Å². The number of furan rings is 1. The van der Waals surface area contributed by atoms with E-state index >= 15 is 0 Å². The van der Waals surface area contributed by atoms with Crippen molar-refractivity contribution in [2.45, 2.75) is 0 Å². The third-order valence-corrected chi connectivity index (χ3v) is 2.81. The third kappa shape index (κ3) is 1.39. The molecular formula is C10H7IO3. The summed E-state index contributed by atoms with van der Waals surface area (Å²) in [5, 5.41) is 0.795. The van der Waals surface area contributed by atoms with Crippen LogP contribution in [-0.2, 0) is 4.74 Å². The highest BCUT2D eigenvalue weighted by Crippen LogP contribution is 2.25. The summed E-state index contributed by atoms with van der Waals surface area (Å²) in [7, 11) is 1.36. The van der Waals surface area contributed by atoms with Gasteiger partial charge in [-0.3, -0.25) is 0 Å². The summed E-state index contributed by atoms with van der Waals surface area (Å²) < 4.78 is 10.9. The van der Waals surface area contributed by atoms with E-state index in [0.717, 1.165) is 14.5 Å². The number of ether oxygens (including phenoxy) is 1. The first-order chi connectivity index (χ1) is 6.74. The Morgan fingerprint density at radius 1 is 1.50 bits per heavy atom. The van der Waals surface area contributed by atoms with Crippen LogP contribution in [0.4, 0.5) is 0 Å². The van der Waals surface area contributed by atoms with Crippen LogP contribution in [0.5, 0.6) is 0 Å². The Balaban J connectivity index is 2.70. The van der Waals surface area contributed by atoms with Crippen LogP contribution in [0, 0.1) is 3.57 Å². The highest BCUT2D eigenvalue weighted by molar-refractivity contribution is 14.1. The van der Waals surface area contributed by atoms with Crippen LogP contribution in [0.25, 0.3) is 11.0 Å². The molecule has 2 rings (SSSR count). The first kappa shape index (κ1) is 9.51. The zero-order chi connectivity index (χ0) is 10.1. The molecule has 0 aliphatic rings. The van der Waals surface area contributed by atoms with Gasteiger partial charge in [-0.1, -0.05) is 12.1 Å². The fourth-order valence-electron chi connectivity index (χ4n) is 1.29. The summed E-state index contributed by atoms with van der Waals surface area (Å²) in [6, 6.07) is 5.65. The van der Waals surface area contributed by atoms with Crippen LogP contribution in [-0.4, -0.2) is 13.1 Å². The summed E-state index contributed by atoms with van der Waals surface area (Å²) in [6.07, 6.45) is 1.43. The van der Waals surface area contributed by atoms with Gasteiger partial charge in [0.2, 0.25) is 0 Å². The molecule has 1 aromatic carbocycles. The third-order valence-electron chi connectivity index (χ3n) is 1.96. The molecule has 1 heterocycles. The molecule has 72 valence electrons. The smallest absolute Gasteiger partial charge is 0.341 e. The second-order valence-electron chi connectivity index (χ2n) is 2.76. The second-order valence-corrected chi connectivity index (χ2v) is 3.92.